The van der Waals surface area contributed by atoms with Gasteiger partial charge in [-0.25, -0.2) is 0 Å². The van der Waals surface area contributed by atoms with Crippen molar-refractivity contribution in [1.82, 2.24) is 0 Å². The molecule has 0 spiro atoms. The number of hydrogen-bond donors (Lipinski definition) is 1. The Kier molecular flexibility index (Phi) is 35.3. The minimum absolute atomic E-state index is 0.0346. The normalized spacial score (nSPS) is 12.4. The van der Waals surface area contributed by atoms with Crippen molar-refractivity contribution in [2.75, 3.05) is 106 Å². The number of hydrogen-bond acceptors (Lipinski definition) is 9. The first-order valence-electron chi connectivity index (χ1n) is 15.6. The molecule has 9 nitrogen and oxygen atoms in total. The molecule has 0 saturated heterocycles. The van der Waals surface area contributed by atoms with Crippen LogP contribution in [0.25, 0.3) is 0 Å². The maximum absolute atomic E-state index is 8.57. The number of aliphatic hydroxyl groups excluding tert-OH is 1. The summed E-state index contributed by atoms with van der Waals surface area (Å²) in [5.41, 5.74) is 0. The summed E-state index contributed by atoms with van der Waals surface area (Å²) in [6.45, 7) is 12.5. The van der Waals surface area contributed by atoms with Crippen molar-refractivity contribution in [3.05, 3.63) is 0 Å². The van der Waals surface area contributed by atoms with Crippen LogP contribution >= 0.6 is 0 Å². The van der Waals surface area contributed by atoms with Gasteiger partial charge in [0.2, 0.25) is 0 Å². The van der Waals surface area contributed by atoms with E-state index in [-0.39, 0.29) is 12.7 Å². The van der Waals surface area contributed by atoms with Gasteiger partial charge in [0.15, 0.2) is 0 Å². The van der Waals surface area contributed by atoms with E-state index in [0.29, 0.717) is 92.5 Å². The summed E-state index contributed by atoms with van der Waals surface area (Å²) in [7, 11) is 0. The quantitative estimate of drug-likeness (QED) is 0.108. The Morgan fingerprint density at radius 3 is 1.18 bits per heavy atom. The van der Waals surface area contributed by atoms with Gasteiger partial charge in [0.05, 0.1) is 105 Å². The van der Waals surface area contributed by atoms with Crippen LogP contribution in [0.5, 0.6) is 0 Å². The van der Waals surface area contributed by atoms with Gasteiger partial charge >= 0.3 is 0 Å². The Morgan fingerprint density at radius 1 is 0.410 bits per heavy atom. The van der Waals surface area contributed by atoms with E-state index in [1.54, 1.807) is 0 Å². The van der Waals surface area contributed by atoms with Gasteiger partial charge in [0, 0.05) is 6.61 Å². The Morgan fingerprint density at radius 2 is 0.769 bits per heavy atom. The molecule has 1 N–H and O–H groups in total. The minimum Gasteiger partial charge on any atom is -0.394 e. The zero-order chi connectivity index (χ0) is 28.3. The van der Waals surface area contributed by atoms with Crippen molar-refractivity contribution in [1.29, 1.82) is 0 Å². The van der Waals surface area contributed by atoms with E-state index in [1.165, 1.54) is 64.2 Å². The molecule has 9 heteroatoms. The summed E-state index contributed by atoms with van der Waals surface area (Å²) in [5.74, 6) is 0. The van der Waals surface area contributed by atoms with E-state index in [1.807, 2.05) is 6.92 Å². The fraction of sp³-hybridized carbons (Fsp3) is 1.00. The van der Waals surface area contributed by atoms with Crippen molar-refractivity contribution < 1.29 is 43.0 Å². The fourth-order valence-electron chi connectivity index (χ4n) is 3.74. The molecule has 39 heavy (non-hydrogen) atoms. The van der Waals surface area contributed by atoms with Gasteiger partial charge in [0.1, 0.15) is 0 Å². The number of ether oxygens (including phenoxy) is 8. The van der Waals surface area contributed by atoms with Crippen LogP contribution in [0.3, 0.4) is 0 Å². The average Bonchev–Trinajstić information content (AvgIpc) is 2.94. The molecule has 0 saturated carbocycles. The molecule has 0 aromatic rings. The summed E-state index contributed by atoms with van der Waals surface area (Å²) >= 11 is 0. The maximum atomic E-state index is 8.57. The molecule has 0 fully saturated rings. The van der Waals surface area contributed by atoms with Gasteiger partial charge in [-0.3, -0.25) is 0 Å². The molecular weight excluding hydrogens is 504 g/mol. The van der Waals surface area contributed by atoms with Crippen molar-refractivity contribution in [3.8, 4) is 0 Å². The fourth-order valence-corrected chi connectivity index (χ4v) is 3.74. The van der Waals surface area contributed by atoms with Crippen LogP contribution < -0.4 is 0 Å². The van der Waals surface area contributed by atoms with Crippen LogP contribution in [0.2, 0.25) is 0 Å². The highest BCUT2D eigenvalue weighted by Crippen LogP contribution is 2.11. The number of rotatable bonds is 35. The third-order valence-electron chi connectivity index (χ3n) is 5.97. The van der Waals surface area contributed by atoms with Crippen LogP contribution in [0, 0.1) is 0 Å². The van der Waals surface area contributed by atoms with E-state index in [4.69, 9.17) is 43.0 Å². The highest BCUT2D eigenvalue weighted by Gasteiger charge is 2.02. The Labute approximate surface area is 239 Å². The van der Waals surface area contributed by atoms with E-state index in [9.17, 15) is 0 Å². The van der Waals surface area contributed by atoms with E-state index in [2.05, 4.69) is 6.92 Å². The zero-order valence-corrected chi connectivity index (χ0v) is 25.4. The first-order chi connectivity index (χ1) is 19.3. The molecule has 0 amide bonds. The minimum atomic E-state index is 0.0346. The zero-order valence-electron chi connectivity index (χ0n) is 25.4. The Hall–Kier alpha value is -0.360. The summed E-state index contributed by atoms with van der Waals surface area (Å²) in [6.07, 6.45) is 15.0. The number of aliphatic hydroxyl groups is 1. The Balaban J connectivity index is 3.13. The molecule has 0 heterocycles. The molecule has 236 valence electrons. The highest BCUT2D eigenvalue weighted by molar-refractivity contribution is 4.50. The second-order valence-electron chi connectivity index (χ2n) is 9.69. The highest BCUT2D eigenvalue weighted by atomic mass is 16.6. The SMILES string of the molecule is CCCCCCCCCCCCCOCC(C)OCCOCCOCCOCCOCCOCCOCCO. The molecule has 0 aliphatic rings. The van der Waals surface area contributed by atoms with Crippen molar-refractivity contribution in [3.63, 3.8) is 0 Å². The third kappa shape index (κ3) is 35.6. The lowest BCUT2D eigenvalue weighted by atomic mass is 10.1. The molecular formula is C30H62O9. The molecule has 0 aliphatic heterocycles. The topological polar surface area (TPSA) is 94.1 Å². The Bertz CT molecular complexity index is 429. The third-order valence-corrected chi connectivity index (χ3v) is 5.97. The van der Waals surface area contributed by atoms with Crippen molar-refractivity contribution in [2.24, 2.45) is 0 Å². The lowest BCUT2D eigenvalue weighted by molar-refractivity contribution is -0.0414. The van der Waals surface area contributed by atoms with Gasteiger partial charge in [-0.05, 0) is 13.3 Å². The van der Waals surface area contributed by atoms with Gasteiger partial charge in [-0.15, -0.1) is 0 Å². The van der Waals surface area contributed by atoms with Crippen LogP contribution in [0.15, 0.2) is 0 Å². The molecule has 0 aromatic carbocycles. The average molecular weight is 567 g/mol. The molecule has 0 aliphatic carbocycles. The summed E-state index contributed by atoms with van der Waals surface area (Å²) in [5, 5.41) is 8.57. The van der Waals surface area contributed by atoms with Gasteiger partial charge in [0.25, 0.3) is 0 Å². The second-order valence-corrected chi connectivity index (χ2v) is 9.69. The maximum Gasteiger partial charge on any atom is 0.0781 e. The first-order valence-corrected chi connectivity index (χ1v) is 15.6. The van der Waals surface area contributed by atoms with Crippen molar-refractivity contribution in [2.45, 2.75) is 90.6 Å². The summed E-state index contributed by atoms with van der Waals surface area (Å²) in [6, 6.07) is 0. The van der Waals surface area contributed by atoms with Crippen LogP contribution in [0.4, 0.5) is 0 Å². The predicted octanol–water partition coefficient (Wildman–Crippen LogP) is 4.81. The number of unbranched alkanes of at least 4 members (excludes halogenated alkanes) is 10. The summed E-state index contributed by atoms with van der Waals surface area (Å²) in [4.78, 5) is 0. The standard InChI is InChI=1S/C30H62O9/c1-3-4-5-6-7-8-9-10-11-12-13-15-38-29-30(2)39-28-27-37-26-25-36-24-23-35-22-21-34-20-19-33-18-17-32-16-14-31/h30-31H,3-29H2,1-2H3. The predicted molar refractivity (Wildman–Crippen MR) is 155 cm³/mol. The molecule has 1 atom stereocenters. The molecule has 1 unspecified atom stereocenters. The van der Waals surface area contributed by atoms with Crippen LogP contribution in [-0.2, 0) is 37.9 Å². The van der Waals surface area contributed by atoms with Crippen LogP contribution in [0.1, 0.15) is 84.5 Å². The lowest BCUT2D eigenvalue weighted by Gasteiger charge is -2.13. The van der Waals surface area contributed by atoms with Gasteiger partial charge < -0.3 is 43.0 Å². The van der Waals surface area contributed by atoms with E-state index in [0.717, 1.165) is 13.0 Å². The van der Waals surface area contributed by atoms with Gasteiger partial charge in [-0.2, -0.15) is 0 Å². The van der Waals surface area contributed by atoms with E-state index < -0.39 is 0 Å². The lowest BCUT2D eigenvalue weighted by Crippen LogP contribution is -2.19. The smallest absolute Gasteiger partial charge is 0.0781 e. The second kappa shape index (κ2) is 35.7. The van der Waals surface area contributed by atoms with Gasteiger partial charge in [-0.1, -0.05) is 71.1 Å². The molecule has 0 bridgehead atoms. The van der Waals surface area contributed by atoms with E-state index >= 15 is 0 Å². The van der Waals surface area contributed by atoms with Crippen LogP contribution in [-0.4, -0.2) is 117 Å². The monoisotopic (exact) mass is 566 g/mol. The largest absolute Gasteiger partial charge is 0.394 e. The van der Waals surface area contributed by atoms with Crippen molar-refractivity contribution >= 4 is 0 Å². The molecule has 0 aromatic heterocycles. The molecule has 0 rings (SSSR count). The first kappa shape index (κ1) is 38.6. The molecule has 0 radical (unpaired) electrons. The summed E-state index contributed by atoms with van der Waals surface area (Å²) < 4.78 is 43.8.